The predicted molar refractivity (Wildman–Crippen MR) is 47.8 cm³/mol. The van der Waals surface area contributed by atoms with E-state index in [0.717, 1.165) is 31.8 Å². The van der Waals surface area contributed by atoms with Gasteiger partial charge in [-0.2, -0.15) is 0 Å². The van der Waals surface area contributed by atoms with Gasteiger partial charge < -0.3 is 15.0 Å². The highest BCUT2D eigenvalue weighted by atomic mass is 16.5. The molecule has 1 saturated heterocycles. The molecule has 1 fully saturated rings. The number of amides is 1. The van der Waals surface area contributed by atoms with Crippen LogP contribution in [0.15, 0.2) is 10.6 Å². The summed E-state index contributed by atoms with van der Waals surface area (Å²) in [6.45, 7) is 1.47. The lowest BCUT2D eigenvalue weighted by molar-refractivity contribution is 0.0790. The molecule has 1 aliphatic heterocycles. The number of rotatable bonds is 2. The molecular weight excluding hydrogens is 184 g/mol. The van der Waals surface area contributed by atoms with Gasteiger partial charge in [0, 0.05) is 25.2 Å². The largest absolute Gasteiger partial charge is 0.381 e. The maximum Gasteiger partial charge on any atom is 0.270 e. The number of carbonyl (C=O) groups is 1. The summed E-state index contributed by atoms with van der Waals surface area (Å²) in [7, 11) is 0. The highest BCUT2D eigenvalue weighted by Crippen LogP contribution is 2.26. The maximum atomic E-state index is 10.8. The van der Waals surface area contributed by atoms with Crippen LogP contribution in [0, 0.1) is 0 Å². The summed E-state index contributed by atoms with van der Waals surface area (Å²) in [6, 6.07) is 1.62. The van der Waals surface area contributed by atoms with Gasteiger partial charge in [-0.1, -0.05) is 5.16 Å². The van der Waals surface area contributed by atoms with E-state index >= 15 is 0 Å². The van der Waals surface area contributed by atoms with E-state index in [1.165, 1.54) is 0 Å². The van der Waals surface area contributed by atoms with Crippen molar-refractivity contribution in [2.24, 2.45) is 5.73 Å². The highest BCUT2D eigenvalue weighted by Gasteiger charge is 2.21. The Morgan fingerprint density at radius 3 is 2.79 bits per heavy atom. The monoisotopic (exact) mass is 196 g/mol. The van der Waals surface area contributed by atoms with E-state index in [1.807, 2.05) is 0 Å². The average Bonchev–Trinajstić information content (AvgIpc) is 2.68. The highest BCUT2D eigenvalue weighted by molar-refractivity contribution is 5.90. The van der Waals surface area contributed by atoms with E-state index in [0.29, 0.717) is 5.92 Å². The molecule has 0 saturated carbocycles. The van der Waals surface area contributed by atoms with Crippen LogP contribution in [0.1, 0.15) is 35.0 Å². The molecular formula is C9H12N2O3. The minimum atomic E-state index is -0.549. The van der Waals surface area contributed by atoms with Crippen LogP contribution in [0.25, 0.3) is 0 Å². The van der Waals surface area contributed by atoms with Crippen molar-refractivity contribution in [1.29, 1.82) is 0 Å². The molecule has 5 nitrogen and oxygen atoms in total. The molecule has 0 unspecified atom stereocenters. The molecule has 2 heterocycles. The molecule has 0 radical (unpaired) electrons. The van der Waals surface area contributed by atoms with Gasteiger partial charge in [0.25, 0.3) is 5.91 Å². The molecule has 2 N–H and O–H groups in total. The fraction of sp³-hybridized carbons (Fsp3) is 0.556. The second-order valence-corrected chi connectivity index (χ2v) is 3.37. The minimum Gasteiger partial charge on any atom is -0.381 e. The second kappa shape index (κ2) is 3.79. The van der Waals surface area contributed by atoms with E-state index in [1.54, 1.807) is 6.07 Å². The molecule has 1 amide bonds. The van der Waals surface area contributed by atoms with Crippen molar-refractivity contribution in [3.63, 3.8) is 0 Å². The summed E-state index contributed by atoms with van der Waals surface area (Å²) in [4.78, 5) is 10.8. The molecule has 0 bridgehead atoms. The van der Waals surface area contributed by atoms with Gasteiger partial charge in [-0.05, 0) is 12.8 Å². The third-order valence-electron chi connectivity index (χ3n) is 2.40. The summed E-state index contributed by atoms with van der Waals surface area (Å²) in [5, 5.41) is 3.60. The summed E-state index contributed by atoms with van der Waals surface area (Å²) >= 11 is 0. The Balaban J connectivity index is 2.11. The van der Waals surface area contributed by atoms with Crippen molar-refractivity contribution in [2.75, 3.05) is 13.2 Å². The molecule has 1 aromatic heterocycles. The first-order chi connectivity index (χ1) is 6.77. The number of hydrogen-bond donors (Lipinski definition) is 1. The van der Waals surface area contributed by atoms with Gasteiger partial charge in [0.05, 0.1) is 0 Å². The Labute approximate surface area is 81.2 Å². The first-order valence-corrected chi connectivity index (χ1v) is 4.61. The quantitative estimate of drug-likeness (QED) is 0.753. The van der Waals surface area contributed by atoms with E-state index < -0.39 is 5.91 Å². The van der Waals surface area contributed by atoms with E-state index in [-0.39, 0.29) is 5.69 Å². The second-order valence-electron chi connectivity index (χ2n) is 3.37. The molecule has 76 valence electrons. The van der Waals surface area contributed by atoms with Crippen LogP contribution in [0.2, 0.25) is 0 Å². The van der Waals surface area contributed by atoms with Crippen molar-refractivity contribution < 1.29 is 14.1 Å². The number of ether oxygens (including phenoxy) is 1. The standard InChI is InChI=1S/C9H12N2O3/c10-9(12)7-5-8(14-11-7)6-1-3-13-4-2-6/h5-6H,1-4H2,(H2,10,12). The summed E-state index contributed by atoms with van der Waals surface area (Å²) in [5.74, 6) is 0.499. The third kappa shape index (κ3) is 1.77. The van der Waals surface area contributed by atoms with Crippen LogP contribution in [0.4, 0.5) is 0 Å². The van der Waals surface area contributed by atoms with Gasteiger partial charge in [0.2, 0.25) is 0 Å². The van der Waals surface area contributed by atoms with E-state index in [2.05, 4.69) is 5.16 Å². The normalized spacial score (nSPS) is 18.3. The lowest BCUT2D eigenvalue weighted by Crippen LogP contribution is -2.14. The Morgan fingerprint density at radius 1 is 1.50 bits per heavy atom. The van der Waals surface area contributed by atoms with Crippen LogP contribution in [0.3, 0.4) is 0 Å². The zero-order valence-electron chi connectivity index (χ0n) is 7.73. The molecule has 2 rings (SSSR count). The Kier molecular flexibility index (Phi) is 2.49. The summed E-state index contributed by atoms with van der Waals surface area (Å²) in [6.07, 6.45) is 1.82. The number of nitrogens with zero attached hydrogens (tertiary/aromatic N) is 1. The molecule has 1 aromatic rings. The minimum absolute atomic E-state index is 0.200. The molecule has 5 heteroatoms. The van der Waals surface area contributed by atoms with Gasteiger partial charge in [-0.3, -0.25) is 4.79 Å². The fourth-order valence-corrected chi connectivity index (χ4v) is 1.58. The van der Waals surface area contributed by atoms with Crippen molar-refractivity contribution in [2.45, 2.75) is 18.8 Å². The van der Waals surface area contributed by atoms with E-state index in [9.17, 15) is 4.79 Å². The molecule has 0 atom stereocenters. The number of nitrogens with two attached hydrogens (primary N) is 1. The molecule has 14 heavy (non-hydrogen) atoms. The molecule has 1 aliphatic rings. The molecule has 0 aromatic carbocycles. The topological polar surface area (TPSA) is 78.4 Å². The van der Waals surface area contributed by atoms with Crippen molar-refractivity contribution >= 4 is 5.91 Å². The summed E-state index contributed by atoms with van der Waals surface area (Å²) in [5.41, 5.74) is 5.27. The number of carbonyl (C=O) groups excluding carboxylic acids is 1. The van der Waals surface area contributed by atoms with Crippen LogP contribution in [-0.4, -0.2) is 24.3 Å². The van der Waals surface area contributed by atoms with Gasteiger partial charge in [-0.15, -0.1) is 0 Å². The Bertz CT molecular complexity index is 329. The predicted octanol–water partition coefficient (Wildman–Crippen LogP) is 0.667. The Hall–Kier alpha value is -1.36. The first-order valence-electron chi connectivity index (χ1n) is 4.61. The van der Waals surface area contributed by atoms with Crippen LogP contribution < -0.4 is 5.73 Å². The lowest BCUT2D eigenvalue weighted by atomic mass is 9.97. The van der Waals surface area contributed by atoms with Crippen LogP contribution >= 0.6 is 0 Å². The lowest BCUT2D eigenvalue weighted by Gasteiger charge is -2.18. The zero-order valence-corrected chi connectivity index (χ0v) is 7.73. The molecule has 0 spiro atoms. The maximum absolute atomic E-state index is 10.8. The zero-order chi connectivity index (χ0) is 9.97. The third-order valence-corrected chi connectivity index (χ3v) is 2.40. The fourth-order valence-electron chi connectivity index (χ4n) is 1.58. The van der Waals surface area contributed by atoms with Gasteiger partial charge in [-0.25, -0.2) is 0 Å². The summed E-state index contributed by atoms with van der Waals surface area (Å²) < 4.78 is 10.3. The van der Waals surface area contributed by atoms with Crippen LogP contribution in [-0.2, 0) is 4.74 Å². The average molecular weight is 196 g/mol. The number of hydrogen-bond acceptors (Lipinski definition) is 4. The van der Waals surface area contributed by atoms with Crippen LogP contribution in [0.5, 0.6) is 0 Å². The van der Waals surface area contributed by atoms with Crippen molar-refractivity contribution in [3.8, 4) is 0 Å². The van der Waals surface area contributed by atoms with Gasteiger partial charge in [0.1, 0.15) is 5.76 Å². The van der Waals surface area contributed by atoms with Gasteiger partial charge >= 0.3 is 0 Å². The number of aromatic nitrogens is 1. The first kappa shape index (κ1) is 9.21. The van der Waals surface area contributed by atoms with Gasteiger partial charge in [0.15, 0.2) is 5.69 Å². The molecule has 0 aliphatic carbocycles. The van der Waals surface area contributed by atoms with Crippen molar-refractivity contribution in [1.82, 2.24) is 5.16 Å². The Morgan fingerprint density at radius 2 is 2.21 bits per heavy atom. The SMILES string of the molecule is NC(=O)c1cc(C2CCOCC2)on1. The van der Waals surface area contributed by atoms with Crippen molar-refractivity contribution in [3.05, 3.63) is 17.5 Å². The number of primary amides is 1. The smallest absolute Gasteiger partial charge is 0.270 e. The van der Waals surface area contributed by atoms with E-state index in [4.69, 9.17) is 15.0 Å².